The van der Waals surface area contributed by atoms with Crippen LogP contribution in [0.25, 0.3) is 0 Å². The molecule has 0 spiro atoms. The minimum Gasteiger partial charge on any atom is -0.329 e. The van der Waals surface area contributed by atoms with Gasteiger partial charge in [-0.2, -0.15) is 0 Å². The minimum atomic E-state index is 0.345. The Kier molecular flexibility index (Phi) is 6.53. The average molecular weight is 262 g/mol. The molecular formula is C17H30N2. The number of unbranched alkanes of at least 4 members (excludes halogenated alkanes) is 2. The smallest absolute Gasteiger partial charge is 0.0472 e. The lowest BCUT2D eigenvalue weighted by molar-refractivity contribution is 0.243. The van der Waals surface area contributed by atoms with E-state index in [9.17, 15) is 0 Å². The van der Waals surface area contributed by atoms with Crippen molar-refractivity contribution in [3.8, 4) is 0 Å². The van der Waals surface area contributed by atoms with E-state index in [1.54, 1.807) is 0 Å². The number of nitrogens with two attached hydrogens (primary N) is 1. The Balaban J connectivity index is 2.90. The van der Waals surface area contributed by atoms with Gasteiger partial charge in [0.25, 0.3) is 0 Å². The van der Waals surface area contributed by atoms with Gasteiger partial charge in [0, 0.05) is 12.6 Å². The quantitative estimate of drug-likeness (QED) is 0.759. The first-order chi connectivity index (χ1) is 9.01. The molecule has 0 bridgehead atoms. The summed E-state index contributed by atoms with van der Waals surface area (Å²) in [7, 11) is 2.20. The topological polar surface area (TPSA) is 29.3 Å². The van der Waals surface area contributed by atoms with Gasteiger partial charge in [0.1, 0.15) is 0 Å². The van der Waals surface area contributed by atoms with Crippen molar-refractivity contribution in [2.45, 2.75) is 53.0 Å². The Labute approximate surface area is 119 Å². The number of nitrogens with zero attached hydrogens (tertiary/aromatic N) is 1. The first-order valence-electron chi connectivity index (χ1n) is 7.49. The Bertz CT molecular complexity index is 375. The molecule has 108 valence electrons. The van der Waals surface area contributed by atoms with Crippen LogP contribution in [0.5, 0.6) is 0 Å². The van der Waals surface area contributed by atoms with Gasteiger partial charge in [0.05, 0.1) is 0 Å². The molecule has 1 unspecified atom stereocenters. The molecule has 0 amide bonds. The van der Waals surface area contributed by atoms with Crippen LogP contribution in [-0.2, 0) is 0 Å². The highest BCUT2D eigenvalue weighted by Crippen LogP contribution is 2.27. The molecular weight excluding hydrogens is 232 g/mol. The van der Waals surface area contributed by atoms with Gasteiger partial charge < -0.3 is 5.73 Å². The maximum atomic E-state index is 6.04. The molecule has 2 nitrogen and oxygen atoms in total. The van der Waals surface area contributed by atoms with Gasteiger partial charge in [-0.15, -0.1) is 0 Å². The van der Waals surface area contributed by atoms with Crippen LogP contribution in [0.4, 0.5) is 0 Å². The molecule has 1 rings (SSSR count). The molecule has 1 aromatic rings. The third kappa shape index (κ3) is 4.32. The molecule has 1 aromatic carbocycles. The normalized spacial score (nSPS) is 13.0. The first kappa shape index (κ1) is 16.2. The summed E-state index contributed by atoms with van der Waals surface area (Å²) in [5, 5.41) is 0. The number of benzene rings is 1. The fraction of sp³-hybridized carbons (Fsp3) is 0.647. The predicted octanol–water partition coefficient (Wildman–Crippen LogP) is 3.73. The fourth-order valence-electron chi connectivity index (χ4n) is 3.00. The van der Waals surface area contributed by atoms with Crippen LogP contribution in [0.15, 0.2) is 12.1 Å². The molecule has 2 N–H and O–H groups in total. The van der Waals surface area contributed by atoms with Crippen molar-refractivity contribution in [1.29, 1.82) is 0 Å². The molecule has 0 saturated heterocycles. The zero-order valence-electron chi connectivity index (χ0n) is 13.3. The van der Waals surface area contributed by atoms with Gasteiger partial charge >= 0.3 is 0 Å². The van der Waals surface area contributed by atoms with Crippen molar-refractivity contribution < 1.29 is 0 Å². The van der Waals surface area contributed by atoms with E-state index >= 15 is 0 Å². The molecule has 19 heavy (non-hydrogen) atoms. The van der Waals surface area contributed by atoms with Gasteiger partial charge in [0.15, 0.2) is 0 Å². The van der Waals surface area contributed by atoms with Crippen LogP contribution < -0.4 is 5.73 Å². The summed E-state index contributed by atoms with van der Waals surface area (Å²) in [5.74, 6) is 0. The van der Waals surface area contributed by atoms with Crippen molar-refractivity contribution in [3.63, 3.8) is 0 Å². The predicted molar refractivity (Wildman–Crippen MR) is 84.6 cm³/mol. The van der Waals surface area contributed by atoms with Gasteiger partial charge in [-0.25, -0.2) is 0 Å². The molecule has 0 aliphatic rings. The lowest BCUT2D eigenvalue weighted by Crippen LogP contribution is -2.32. The largest absolute Gasteiger partial charge is 0.329 e. The molecule has 0 radical (unpaired) electrons. The molecule has 0 aromatic heterocycles. The molecule has 0 saturated carbocycles. The van der Waals surface area contributed by atoms with E-state index < -0.39 is 0 Å². The van der Waals surface area contributed by atoms with E-state index in [4.69, 9.17) is 5.73 Å². The number of aryl methyl sites for hydroxylation is 3. The Morgan fingerprint density at radius 1 is 1.11 bits per heavy atom. The number of rotatable bonds is 7. The maximum absolute atomic E-state index is 6.04. The zero-order chi connectivity index (χ0) is 14.4. The summed E-state index contributed by atoms with van der Waals surface area (Å²) in [6, 6.07) is 4.88. The Morgan fingerprint density at radius 2 is 1.68 bits per heavy atom. The minimum absolute atomic E-state index is 0.345. The molecule has 0 heterocycles. The third-order valence-corrected chi connectivity index (χ3v) is 3.94. The summed E-state index contributed by atoms with van der Waals surface area (Å²) in [5.41, 5.74) is 11.5. The van der Waals surface area contributed by atoms with E-state index in [2.05, 4.69) is 51.8 Å². The van der Waals surface area contributed by atoms with Crippen LogP contribution >= 0.6 is 0 Å². The van der Waals surface area contributed by atoms with E-state index in [1.807, 2.05) is 0 Å². The number of hydrogen-bond acceptors (Lipinski definition) is 2. The number of hydrogen-bond donors (Lipinski definition) is 1. The summed E-state index contributed by atoms with van der Waals surface area (Å²) in [4.78, 5) is 2.42. The monoisotopic (exact) mass is 262 g/mol. The molecule has 0 aliphatic carbocycles. The Morgan fingerprint density at radius 3 is 2.16 bits per heavy atom. The Hall–Kier alpha value is -0.860. The second-order valence-corrected chi connectivity index (χ2v) is 5.75. The average Bonchev–Trinajstić information content (AvgIpc) is 2.33. The fourth-order valence-corrected chi connectivity index (χ4v) is 3.00. The molecule has 0 fully saturated rings. The second-order valence-electron chi connectivity index (χ2n) is 5.75. The molecule has 0 aliphatic heterocycles. The SMILES string of the molecule is CCCCCN(C)C(CN)c1c(C)cc(C)cc1C. The van der Waals surface area contributed by atoms with Crippen molar-refractivity contribution in [2.75, 3.05) is 20.1 Å². The lowest BCUT2D eigenvalue weighted by Gasteiger charge is -2.30. The van der Waals surface area contributed by atoms with Gasteiger partial charge in [-0.1, -0.05) is 37.5 Å². The number of likely N-dealkylation sites (N-methyl/N-ethyl adjacent to an activating group) is 1. The van der Waals surface area contributed by atoms with Crippen molar-refractivity contribution in [1.82, 2.24) is 4.90 Å². The van der Waals surface area contributed by atoms with Crippen LogP contribution in [-0.4, -0.2) is 25.0 Å². The standard InChI is InChI=1S/C17H30N2/c1-6-7-8-9-19(5)16(12-18)17-14(3)10-13(2)11-15(17)4/h10-11,16H,6-9,12,18H2,1-5H3. The van der Waals surface area contributed by atoms with Gasteiger partial charge in [0.2, 0.25) is 0 Å². The third-order valence-electron chi connectivity index (χ3n) is 3.94. The maximum Gasteiger partial charge on any atom is 0.0472 e. The van der Waals surface area contributed by atoms with Crippen molar-refractivity contribution in [2.24, 2.45) is 5.73 Å². The summed E-state index contributed by atoms with van der Waals surface area (Å²) < 4.78 is 0. The van der Waals surface area contributed by atoms with Gasteiger partial charge in [-0.05, 0) is 57.5 Å². The lowest BCUT2D eigenvalue weighted by atomic mass is 9.93. The van der Waals surface area contributed by atoms with Crippen LogP contribution in [0.2, 0.25) is 0 Å². The second kappa shape index (κ2) is 7.66. The van der Waals surface area contributed by atoms with Crippen LogP contribution in [0.1, 0.15) is 54.5 Å². The van der Waals surface area contributed by atoms with E-state index in [0.29, 0.717) is 12.6 Å². The summed E-state index contributed by atoms with van der Waals surface area (Å²) >= 11 is 0. The van der Waals surface area contributed by atoms with Gasteiger partial charge in [-0.3, -0.25) is 4.90 Å². The highest BCUT2D eigenvalue weighted by atomic mass is 15.1. The summed E-state index contributed by atoms with van der Waals surface area (Å²) in [6.45, 7) is 10.6. The van der Waals surface area contributed by atoms with E-state index in [-0.39, 0.29) is 0 Å². The summed E-state index contributed by atoms with van der Waals surface area (Å²) in [6.07, 6.45) is 3.82. The highest BCUT2D eigenvalue weighted by molar-refractivity contribution is 5.39. The highest BCUT2D eigenvalue weighted by Gasteiger charge is 2.19. The van der Waals surface area contributed by atoms with E-state index in [1.165, 1.54) is 41.5 Å². The van der Waals surface area contributed by atoms with Crippen molar-refractivity contribution >= 4 is 0 Å². The first-order valence-corrected chi connectivity index (χ1v) is 7.49. The molecule has 2 heteroatoms. The molecule has 1 atom stereocenters. The zero-order valence-corrected chi connectivity index (χ0v) is 13.3. The van der Waals surface area contributed by atoms with Crippen LogP contribution in [0, 0.1) is 20.8 Å². The van der Waals surface area contributed by atoms with E-state index in [0.717, 1.165) is 6.54 Å². The van der Waals surface area contributed by atoms with Crippen molar-refractivity contribution in [3.05, 3.63) is 34.4 Å². The van der Waals surface area contributed by atoms with Crippen LogP contribution in [0.3, 0.4) is 0 Å².